The topological polar surface area (TPSA) is 38.1 Å². The first kappa shape index (κ1) is 14.9. The van der Waals surface area contributed by atoms with Crippen molar-refractivity contribution in [3.63, 3.8) is 0 Å². The highest BCUT2D eigenvalue weighted by Crippen LogP contribution is 2.35. The predicted molar refractivity (Wildman–Crippen MR) is 78.5 cm³/mol. The summed E-state index contributed by atoms with van der Waals surface area (Å²) < 4.78 is 1.70. The van der Waals surface area contributed by atoms with Crippen molar-refractivity contribution in [3.05, 3.63) is 16.4 Å². The Morgan fingerprint density at radius 1 is 1.42 bits per heavy atom. The SMILES string of the molecule is CCC1CCCC(O)(Cc2c(C)nn(C)c2Cl)CC1. The number of aryl methyl sites for hydroxylation is 2. The molecule has 1 aliphatic rings. The molecule has 2 rings (SSSR count). The highest BCUT2D eigenvalue weighted by Gasteiger charge is 2.32. The fourth-order valence-corrected chi connectivity index (χ4v) is 3.49. The molecule has 1 saturated carbocycles. The molecule has 2 atom stereocenters. The molecule has 1 heterocycles. The number of aliphatic hydroxyl groups is 1. The van der Waals surface area contributed by atoms with Gasteiger partial charge < -0.3 is 5.11 Å². The smallest absolute Gasteiger partial charge is 0.130 e. The van der Waals surface area contributed by atoms with Crippen LogP contribution in [-0.4, -0.2) is 20.5 Å². The third-order valence-electron chi connectivity index (χ3n) is 4.63. The maximum atomic E-state index is 10.9. The molecule has 1 N–H and O–H groups in total. The van der Waals surface area contributed by atoms with E-state index in [-0.39, 0.29) is 0 Å². The van der Waals surface area contributed by atoms with Crippen molar-refractivity contribution in [1.82, 2.24) is 9.78 Å². The van der Waals surface area contributed by atoms with Crippen molar-refractivity contribution >= 4 is 11.6 Å². The van der Waals surface area contributed by atoms with Crippen LogP contribution in [0.4, 0.5) is 0 Å². The maximum absolute atomic E-state index is 10.9. The molecule has 108 valence electrons. The van der Waals surface area contributed by atoms with Gasteiger partial charge in [0.15, 0.2) is 0 Å². The van der Waals surface area contributed by atoms with E-state index in [9.17, 15) is 5.11 Å². The summed E-state index contributed by atoms with van der Waals surface area (Å²) >= 11 is 6.28. The Morgan fingerprint density at radius 2 is 2.16 bits per heavy atom. The quantitative estimate of drug-likeness (QED) is 0.861. The first-order valence-electron chi connectivity index (χ1n) is 7.35. The zero-order valence-electron chi connectivity index (χ0n) is 12.2. The molecule has 1 aromatic heterocycles. The molecule has 19 heavy (non-hydrogen) atoms. The molecule has 0 aliphatic heterocycles. The van der Waals surface area contributed by atoms with Crippen molar-refractivity contribution in [2.45, 2.75) is 64.4 Å². The Balaban J connectivity index is 2.12. The van der Waals surface area contributed by atoms with E-state index in [1.807, 2.05) is 14.0 Å². The average molecular weight is 285 g/mol. The van der Waals surface area contributed by atoms with E-state index in [0.29, 0.717) is 11.6 Å². The van der Waals surface area contributed by atoms with Crippen molar-refractivity contribution in [2.24, 2.45) is 13.0 Å². The second-order valence-corrected chi connectivity index (χ2v) is 6.44. The molecule has 4 heteroatoms. The molecule has 1 fully saturated rings. The van der Waals surface area contributed by atoms with E-state index in [1.165, 1.54) is 12.8 Å². The predicted octanol–water partition coefficient (Wildman–Crippen LogP) is 3.65. The Hall–Kier alpha value is -0.540. The van der Waals surface area contributed by atoms with E-state index in [0.717, 1.165) is 42.9 Å². The standard InChI is InChI=1S/C15H25ClN2O/c1-4-12-6-5-8-15(19,9-7-12)10-13-11(2)17-18(3)14(13)16/h12,19H,4-10H2,1-3H3. The lowest BCUT2D eigenvalue weighted by Gasteiger charge is -2.26. The van der Waals surface area contributed by atoms with Crippen LogP contribution >= 0.6 is 11.6 Å². The van der Waals surface area contributed by atoms with E-state index < -0.39 is 5.60 Å². The van der Waals surface area contributed by atoms with Gasteiger partial charge in [0.2, 0.25) is 0 Å². The van der Waals surface area contributed by atoms with Gasteiger partial charge in [-0.3, -0.25) is 4.68 Å². The van der Waals surface area contributed by atoms with Gasteiger partial charge in [-0.15, -0.1) is 0 Å². The average Bonchev–Trinajstić information content (AvgIpc) is 2.56. The Bertz CT molecular complexity index is 444. The highest BCUT2D eigenvalue weighted by molar-refractivity contribution is 6.30. The molecule has 1 aliphatic carbocycles. The number of nitrogens with zero attached hydrogens (tertiary/aromatic N) is 2. The van der Waals surface area contributed by atoms with Crippen LogP contribution in [0.15, 0.2) is 0 Å². The summed E-state index contributed by atoms with van der Waals surface area (Å²) in [6.45, 7) is 4.22. The van der Waals surface area contributed by atoms with Crippen molar-refractivity contribution in [2.75, 3.05) is 0 Å². The lowest BCUT2D eigenvalue weighted by atomic mass is 9.87. The number of aromatic nitrogens is 2. The highest BCUT2D eigenvalue weighted by atomic mass is 35.5. The van der Waals surface area contributed by atoms with E-state index in [1.54, 1.807) is 4.68 Å². The molecule has 0 radical (unpaired) electrons. The van der Waals surface area contributed by atoms with E-state index in [4.69, 9.17) is 11.6 Å². The molecule has 0 saturated heterocycles. The molecular formula is C15H25ClN2O. The van der Waals surface area contributed by atoms with Gasteiger partial charge in [0.1, 0.15) is 5.15 Å². The van der Waals surface area contributed by atoms with Crippen LogP contribution in [0, 0.1) is 12.8 Å². The third kappa shape index (κ3) is 3.32. The van der Waals surface area contributed by atoms with E-state index in [2.05, 4.69) is 12.0 Å². The van der Waals surface area contributed by atoms with Crippen molar-refractivity contribution in [3.8, 4) is 0 Å². The van der Waals surface area contributed by atoms with Crippen LogP contribution in [-0.2, 0) is 13.5 Å². The largest absolute Gasteiger partial charge is 0.390 e. The van der Waals surface area contributed by atoms with Gasteiger partial charge in [0, 0.05) is 19.0 Å². The zero-order chi connectivity index (χ0) is 14.0. The molecule has 0 spiro atoms. The Labute approximate surface area is 121 Å². The van der Waals surface area contributed by atoms with Crippen LogP contribution in [0.25, 0.3) is 0 Å². The Kier molecular flexibility index (Phi) is 4.57. The monoisotopic (exact) mass is 284 g/mol. The van der Waals surface area contributed by atoms with Gasteiger partial charge in [-0.2, -0.15) is 5.10 Å². The summed E-state index contributed by atoms with van der Waals surface area (Å²) in [5.41, 5.74) is 1.36. The lowest BCUT2D eigenvalue weighted by Crippen LogP contribution is -2.31. The molecule has 2 unspecified atom stereocenters. The number of hydrogen-bond acceptors (Lipinski definition) is 2. The molecule has 0 aromatic carbocycles. The van der Waals surface area contributed by atoms with Crippen molar-refractivity contribution in [1.29, 1.82) is 0 Å². The van der Waals surface area contributed by atoms with Gasteiger partial charge in [-0.25, -0.2) is 0 Å². The first-order valence-corrected chi connectivity index (χ1v) is 7.73. The van der Waals surface area contributed by atoms with Crippen molar-refractivity contribution < 1.29 is 5.11 Å². The summed E-state index contributed by atoms with van der Waals surface area (Å²) in [6, 6.07) is 0. The summed E-state index contributed by atoms with van der Waals surface area (Å²) in [5, 5.41) is 15.9. The van der Waals surface area contributed by atoms with Gasteiger partial charge in [-0.05, 0) is 32.1 Å². The minimum Gasteiger partial charge on any atom is -0.390 e. The third-order valence-corrected chi connectivity index (χ3v) is 5.10. The summed E-state index contributed by atoms with van der Waals surface area (Å²) in [7, 11) is 1.85. The minimum absolute atomic E-state index is 0.596. The van der Waals surface area contributed by atoms with E-state index >= 15 is 0 Å². The second kappa shape index (κ2) is 5.84. The van der Waals surface area contributed by atoms with Gasteiger partial charge >= 0.3 is 0 Å². The van der Waals surface area contributed by atoms with Crippen LogP contribution in [0.1, 0.15) is 56.7 Å². The normalized spacial score (nSPS) is 28.4. The summed E-state index contributed by atoms with van der Waals surface area (Å²) in [6.07, 6.45) is 7.13. The molecule has 0 bridgehead atoms. The second-order valence-electron chi connectivity index (χ2n) is 6.08. The zero-order valence-corrected chi connectivity index (χ0v) is 13.0. The number of halogens is 1. The Morgan fingerprint density at radius 3 is 2.74 bits per heavy atom. The van der Waals surface area contributed by atoms with Crippen LogP contribution < -0.4 is 0 Å². The van der Waals surface area contributed by atoms with Gasteiger partial charge in [0.25, 0.3) is 0 Å². The molecular weight excluding hydrogens is 260 g/mol. The summed E-state index contributed by atoms with van der Waals surface area (Å²) in [5.74, 6) is 0.777. The lowest BCUT2D eigenvalue weighted by molar-refractivity contribution is 0.0240. The number of hydrogen-bond donors (Lipinski definition) is 1. The van der Waals surface area contributed by atoms with Crippen LogP contribution in [0.2, 0.25) is 5.15 Å². The van der Waals surface area contributed by atoms with Crippen LogP contribution in [0.5, 0.6) is 0 Å². The maximum Gasteiger partial charge on any atom is 0.130 e. The molecule has 1 aromatic rings. The fourth-order valence-electron chi connectivity index (χ4n) is 3.25. The first-order chi connectivity index (χ1) is 8.95. The molecule has 0 amide bonds. The minimum atomic E-state index is -0.596. The van der Waals surface area contributed by atoms with Gasteiger partial charge in [-0.1, -0.05) is 37.8 Å². The van der Waals surface area contributed by atoms with Crippen LogP contribution in [0.3, 0.4) is 0 Å². The molecule has 3 nitrogen and oxygen atoms in total. The van der Waals surface area contributed by atoms with Gasteiger partial charge in [0.05, 0.1) is 11.3 Å². The number of rotatable bonds is 3. The summed E-state index contributed by atoms with van der Waals surface area (Å²) in [4.78, 5) is 0. The fraction of sp³-hybridized carbons (Fsp3) is 0.800.